The summed E-state index contributed by atoms with van der Waals surface area (Å²) in [5, 5.41) is 4.88. The average Bonchev–Trinajstić information content (AvgIpc) is 3.92. The van der Waals surface area contributed by atoms with Crippen LogP contribution in [0.5, 0.6) is 0 Å². The molecular weight excluding hydrogens is 779 g/mol. The van der Waals surface area contributed by atoms with Crippen LogP contribution in [0.25, 0.3) is 99.8 Å². The van der Waals surface area contributed by atoms with Crippen molar-refractivity contribution in [1.82, 2.24) is 24.1 Å². The zero-order valence-corrected chi connectivity index (χ0v) is 38.5. The van der Waals surface area contributed by atoms with E-state index >= 15 is 0 Å². The molecule has 64 heavy (non-hydrogen) atoms. The topological polar surface area (TPSA) is 51.4 Å². The van der Waals surface area contributed by atoms with Gasteiger partial charge in [0.25, 0.3) is 0 Å². The van der Waals surface area contributed by atoms with Gasteiger partial charge in [0.2, 0.25) is 0 Å². The fourth-order valence-electron chi connectivity index (χ4n) is 10.4. The van der Waals surface area contributed by atoms with Crippen LogP contribution < -0.4 is 0 Å². The first kappa shape index (κ1) is 39.6. The van der Waals surface area contributed by atoms with Gasteiger partial charge in [-0.3, -0.25) is 9.13 Å². The number of H-pyrrole nitrogens is 1. The van der Waals surface area contributed by atoms with Crippen molar-refractivity contribution in [3.8, 4) is 45.1 Å². The van der Waals surface area contributed by atoms with E-state index in [2.05, 4.69) is 211 Å². The molecule has 0 bridgehead atoms. The number of imidazole rings is 1. The lowest BCUT2D eigenvalue weighted by Crippen LogP contribution is -2.12. The molecule has 0 unspecified atom stereocenters. The molecule has 0 aliphatic heterocycles. The van der Waals surface area contributed by atoms with E-state index < -0.39 is 0 Å². The fourth-order valence-corrected chi connectivity index (χ4v) is 10.4. The van der Waals surface area contributed by atoms with E-state index in [0.29, 0.717) is 0 Å². The molecule has 314 valence electrons. The third-order valence-electron chi connectivity index (χ3n) is 13.3. The number of fused-ring (bicyclic) bond motifs is 7. The summed E-state index contributed by atoms with van der Waals surface area (Å²) in [5.41, 5.74) is 23.3. The number of benzene rings is 7. The SMILES string of the molecule is Cc1cccc(-n2c(-c3ccc(-c4c(C)cc(C)cc4C)c4c3[nH]c3ccc(C)cc34)nc3c(-c4ccc5c6cc(C)ccc6n(-c6cc(C(C)(C)C)ccn6)c5c4)cc(C)cc32)c1. The Kier molecular flexibility index (Phi) is 8.91. The number of hydrogen-bond donors (Lipinski definition) is 1. The Morgan fingerprint density at radius 1 is 0.516 bits per heavy atom. The molecule has 11 rings (SSSR count). The van der Waals surface area contributed by atoms with E-state index in [9.17, 15) is 0 Å². The van der Waals surface area contributed by atoms with Crippen molar-refractivity contribution in [2.75, 3.05) is 0 Å². The largest absolute Gasteiger partial charge is 0.354 e. The second-order valence-corrected chi connectivity index (χ2v) is 19.4. The summed E-state index contributed by atoms with van der Waals surface area (Å²) in [7, 11) is 0. The molecular formula is C59H53N5. The van der Waals surface area contributed by atoms with E-state index in [-0.39, 0.29) is 5.41 Å². The van der Waals surface area contributed by atoms with E-state index in [1.807, 2.05) is 6.20 Å². The number of nitrogens with zero attached hydrogens (tertiary/aromatic N) is 4. The van der Waals surface area contributed by atoms with Crippen LogP contribution in [0, 0.1) is 48.5 Å². The Morgan fingerprint density at radius 3 is 2.00 bits per heavy atom. The van der Waals surface area contributed by atoms with E-state index in [1.165, 1.54) is 77.2 Å². The number of rotatable bonds is 5. The molecule has 4 aromatic heterocycles. The molecule has 0 aliphatic rings. The van der Waals surface area contributed by atoms with Gasteiger partial charge >= 0.3 is 0 Å². The lowest BCUT2D eigenvalue weighted by molar-refractivity contribution is 0.588. The Balaban J connectivity index is 1.21. The Labute approximate surface area is 375 Å². The van der Waals surface area contributed by atoms with E-state index in [1.54, 1.807) is 0 Å². The summed E-state index contributed by atoms with van der Waals surface area (Å²) < 4.78 is 4.73. The molecule has 0 fully saturated rings. The van der Waals surface area contributed by atoms with Crippen LogP contribution >= 0.6 is 0 Å². The van der Waals surface area contributed by atoms with Gasteiger partial charge in [0.1, 0.15) is 11.6 Å². The minimum absolute atomic E-state index is 0.0184. The third kappa shape index (κ3) is 6.28. The first-order valence-electron chi connectivity index (χ1n) is 22.5. The smallest absolute Gasteiger partial charge is 0.147 e. The van der Waals surface area contributed by atoms with Gasteiger partial charge in [0.05, 0.1) is 27.6 Å². The average molecular weight is 832 g/mol. The lowest BCUT2D eigenvalue weighted by atomic mass is 9.88. The van der Waals surface area contributed by atoms with Gasteiger partial charge in [0, 0.05) is 50.1 Å². The van der Waals surface area contributed by atoms with Gasteiger partial charge in [-0.15, -0.1) is 0 Å². The summed E-state index contributed by atoms with van der Waals surface area (Å²) >= 11 is 0. The second-order valence-electron chi connectivity index (χ2n) is 19.4. The number of hydrogen-bond acceptors (Lipinski definition) is 2. The number of pyridine rings is 1. The van der Waals surface area contributed by atoms with Crippen LogP contribution in [0.4, 0.5) is 0 Å². The summed E-state index contributed by atoms with van der Waals surface area (Å²) in [4.78, 5) is 14.7. The number of nitrogens with one attached hydrogen (secondary N) is 1. The zero-order valence-electron chi connectivity index (χ0n) is 38.5. The van der Waals surface area contributed by atoms with Crippen LogP contribution in [0.15, 0.2) is 134 Å². The third-order valence-corrected chi connectivity index (χ3v) is 13.3. The Morgan fingerprint density at radius 2 is 1.23 bits per heavy atom. The first-order valence-corrected chi connectivity index (χ1v) is 22.5. The molecule has 0 saturated carbocycles. The lowest BCUT2D eigenvalue weighted by Gasteiger charge is -2.20. The fraction of sp³-hybridized carbons (Fsp3) is 0.186. The van der Waals surface area contributed by atoms with Crippen LogP contribution in [-0.2, 0) is 5.41 Å². The van der Waals surface area contributed by atoms with Crippen LogP contribution in [0.1, 0.15) is 65.3 Å². The van der Waals surface area contributed by atoms with Crippen molar-refractivity contribution in [2.24, 2.45) is 0 Å². The van der Waals surface area contributed by atoms with E-state index in [4.69, 9.17) is 9.97 Å². The van der Waals surface area contributed by atoms with Crippen molar-refractivity contribution in [3.63, 3.8) is 0 Å². The maximum absolute atomic E-state index is 5.77. The minimum atomic E-state index is -0.0184. The highest BCUT2D eigenvalue weighted by Crippen LogP contribution is 2.45. The highest BCUT2D eigenvalue weighted by molar-refractivity contribution is 6.19. The van der Waals surface area contributed by atoms with Crippen molar-refractivity contribution in [1.29, 1.82) is 0 Å². The van der Waals surface area contributed by atoms with Gasteiger partial charge in [-0.2, -0.15) is 0 Å². The van der Waals surface area contributed by atoms with Crippen LogP contribution in [0.2, 0.25) is 0 Å². The van der Waals surface area contributed by atoms with Crippen molar-refractivity contribution < 1.29 is 0 Å². The highest BCUT2D eigenvalue weighted by atomic mass is 15.1. The Bertz CT molecular complexity index is 3710. The molecule has 0 amide bonds. The molecule has 0 saturated heterocycles. The predicted molar refractivity (Wildman–Crippen MR) is 271 cm³/mol. The van der Waals surface area contributed by atoms with Gasteiger partial charge < -0.3 is 4.98 Å². The van der Waals surface area contributed by atoms with Gasteiger partial charge in [-0.1, -0.05) is 92.1 Å². The summed E-state index contributed by atoms with van der Waals surface area (Å²) in [5.74, 6) is 1.82. The highest BCUT2D eigenvalue weighted by Gasteiger charge is 2.25. The molecule has 11 aromatic rings. The Hall–Kier alpha value is -7.24. The van der Waals surface area contributed by atoms with Crippen LogP contribution in [0.3, 0.4) is 0 Å². The number of aromatic amines is 1. The van der Waals surface area contributed by atoms with Gasteiger partial charge in [-0.05, 0) is 171 Å². The van der Waals surface area contributed by atoms with Gasteiger partial charge in [-0.25, -0.2) is 9.97 Å². The molecule has 0 atom stereocenters. The van der Waals surface area contributed by atoms with Crippen LogP contribution in [-0.4, -0.2) is 24.1 Å². The molecule has 4 heterocycles. The van der Waals surface area contributed by atoms with Gasteiger partial charge in [0.15, 0.2) is 0 Å². The molecule has 7 aromatic carbocycles. The standard InChI is InChI=1S/C59H53N5/c1-33-12-11-13-42(26-33)63-52-30-37(5)29-46(40-16-17-43-47-27-35(3)15-21-50(47)64(51(43)31-40)53-32-41(22-23-60-53)59(8,9)10)56(52)62-58(63)45-19-18-44(54-38(6)24-36(4)25-39(54)7)55-48-28-34(2)14-20-49(48)61-57(45)55/h11-32,61H,1-10H3. The predicted octanol–water partition coefficient (Wildman–Crippen LogP) is 15.6. The van der Waals surface area contributed by atoms with E-state index in [0.717, 1.165) is 67.1 Å². The summed E-state index contributed by atoms with van der Waals surface area (Å²) in [6, 6.07) is 47.5. The summed E-state index contributed by atoms with van der Waals surface area (Å²) in [6.45, 7) is 22.2. The summed E-state index contributed by atoms with van der Waals surface area (Å²) in [6.07, 6.45) is 1.95. The molecule has 0 aliphatic carbocycles. The van der Waals surface area contributed by atoms with Crippen molar-refractivity contribution in [3.05, 3.63) is 178 Å². The first-order chi connectivity index (χ1) is 30.7. The molecule has 0 spiro atoms. The second kappa shape index (κ2) is 14.4. The van der Waals surface area contributed by atoms with Crippen molar-refractivity contribution >= 4 is 54.6 Å². The molecule has 5 nitrogen and oxygen atoms in total. The number of aromatic nitrogens is 5. The maximum Gasteiger partial charge on any atom is 0.147 e. The molecule has 1 N–H and O–H groups in total. The quantitative estimate of drug-likeness (QED) is 0.188. The monoisotopic (exact) mass is 831 g/mol. The molecule has 5 heteroatoms. The molecule has 0 radical (unpaired) electrons. The zero-order chi connectivity index (χ0) is 44.3. The van der Waals surface area contributed by atoms with Crippen molar-refractivity contribution in [2.45, 2.75) is 74.7 Å². The minimum Gasteiger partial charge on any atom is -0.354 e. The maximum atomic E-state index is 5.77. The normalized spacial score (nSPS) is 12.2. The number of aryl methyl sites for hydroxylation is 7.